The summed E-state index contributed by atoms with van der Waals surface area (Å²) in [5.41, 5.74) is 0.550. The lowest BCUT2D eigenvalue weighted by atomic mass is 10.3. The standard InChI is InChI=1S/C11H13BrN2O4/c1-18-9-5-7(12)4-8(6-9)14-11(17)13-3-2-10(15)16/h4-6H,2-3H2,1H3,(H,15,16)(H2,13,14,17). The molecule has 3 N–H and O–H groups in total. The molecule has 1 rings (SSSR count). The molecule has 18 heavy (non-hydrogen) atoms. The van der Waals surface area contributed by atoms with Crippen LogP contribution in [0.15, 0.2) is 22.7 Å². The van der Waals surface area contributed by atoms with Gasteiger partial charge in [0.25, 0.3) is 0 Å². The van der Waals surface area contributed by atoms with Crippen LogP contribution in [0.5, 0.6) is 5.75 Å². The zero-order valence-corrected chi connectivity index (χ0v) is 11.3. The van der Waals surface area contributed by atoms with Gasteiger partial charge in [-0.15, -0.1) is 0 Å². The Hall–Kier alpha value is -1.76. The van der Waals surface area contributed by atoms with E-state index in [-0.39, 0.29) is 13.0 Å². The van der Waals surface area contributed by atoms with Gasteiger partial charge in [-0.3, -0.25) is 4.79 Å². The summed E-state index contributed by atoms with van der Waals surface area (Å²) in [6.45, 7) is 0.0757. The number of anilines is 1. The molecule has 1 aromatic carbocycles. The molecule has 1 aromatic rings. The van der Waals surface area contributed by atoms with Gasteiger partial charge >= 0.3 is 12.0 Å². The summed E-state index contributed by atoms with van der Waals surface area (Å²) < 4.78 is 5.82. The Bertz CT molecular complexity index is 451. The van der Waals surface area contributed by atoms with Crippen molar-refractivity contribution in [1.29, 1.82) is 0 Å². The summed E-state index contributed by atoms with van der Waals surface area (Å²) in [6.07, 6.45) is -0.116. The van der Waals surface area contributed by atoms with Gasteiger partial charge in [-0.05, 0) is 12.1 Å². The largest absolute Gasteiger partial charge is 0.497 e. The summed E-state index contributed by atoms with van der Waals surface area (Å²) in [4.78, 5) is 21.7. The molecule has 0 fully saturated rings. The summed E-state index contributed by atoms with van der Waals surface area (Å²) >= 11 is 3.29. The van der Waals surface area contributed by atoms with E-state index in [9.17, 15) is 9.59 Å². The van der Waals surface area contributed by atoms with Crippen molar-refractivity contribution in [2.45, 2.75) is 6.42 Å². The number of amides is 2. The third-order valence-corrected chi connectivity index (χ3v) is 2.45. The van der Waals surface area contributed by atoms with Gasteiger partial charge in [-0.1, -0.05) is 15.9 Å². The molecule has 0 bridgehead atoms. The molecule has 2 amide bonds. The Kier molecular flexibility index (Phi) is 5.44. The van der Waals surface area contributed by atoms with E-state index in [1.807, 2.05) is 0 Å². The second-order valence-electron chi connectivity index (χ2n) is 3.40. The minimum atomic E-state index is -0.959. The van der Waals surface area contributed by atoms with Crippen molar-refractivity contribution >= 4 is 33.6 Å². The highest BCUT2D eigenvalue weighted by molar-refractivity contribution is 9.10. The van der Waals surface area contributed by atoms with Crippen LogP contribution in [0.4, 0.5) is 10.5 Å². The first-order valence-electron chi connectivity index (χ1n) is 5.12. The number of carboxylic acids is 1. The van der Waals surface area contributed by atoms with Gasteiger partial charge in [-0.25, -0.2) is 4.79 Å². The maximum Gasteiger partial charge on any atom is 0.319 e. The maximum absolute atomic E-state index is 11.4. The second-order valence-corrected chi connectivity index (χ2v) is 4.32. The van der Waals surface area contributed by atoms with E-state index in [4.69, 9.17) is 9.84 Å². The van der Waals surface area contributed by atoms with Crippen molar-refractivity contribution in [1.82, 2.24) is 5.32 Å². The fourth-order valence-corrected chi connectivity index (χ4v) is 1.68. The van der Waals surface area contributed by atoms with E-state index in [1.165, 1.54) is 7.11 Å². The van der Waals surface area contributed by atoms with Crippen LogP contribution in [0.3, 0.4) is 0 Å². The first kappa shape index (κ1) is 14.3. The Morgan fingerprint density at radius 3 is 2.72 bits per heavy atom. The van der Waals surface area contributed by atoms with Gasteiger partial charge in [0, 0.05) is 22.8 Å². The number of aliphatic carboxylic acids is 1. The predicted octanol–water partition coefficient (Wildman–Crippen LogP) is 2.05. The van der Waals surface area contributed by atoms with Crippen LogP contribution in [-0.2, 0) is 4.79 Å². The van der Waals surface area contributed by atoms with E-state index < -0.39 is 12.0 Å². The van der Waals surface area contributed by atoms with E-state index >= 15 is 0 Å². The average Bonchev–Trinajstić information content (AvgIpc) is 2.27. The molecule has 7 heteroatoms. The molecule has 0 aliphatic rings. The maximum atomic E-state index is 11.4. The fourth-order valence-electron chi connectivity index (χ4n) is 1.21. The van der Waals surface area contributed by atoms with Crippen molar-refractivity contribution in [3.63, 3.8) is 0 Å². The van der Waals surface area contributed by atoms with Crippen molar-refractivity contribution in [3.8, 4) is 5.75 Å². The zero-order valence-electron chi connectivity index (χ0n) is 9.70. The number of rotatable bonds is 5. The molecule has 0 spiro atoms. The highest BCUT2D eigenvalue weighted by Crippen LogP contribution is 2.24. The molecular weight excluding hydrogens is 304 g/mol. The number of methoxy groups -OCH3 is 1. The van der Waals surface area contributed by atoms with Gasteiger partial charge in [0.2, 0.25) is 0 Å². The molecule has 0 heterocycles. The monoisotopic (exact) mass is 316 g/mol. The summed E-state index contributed by atoms with van der Waals surface area (Å²) in [5, 5.41) is 13.4. The van der Waals surface area contributed by atoms with Crippen LogP contribution >= 0.6 is 15.9 Å². The number of halogens is 1. The molecule has 0 aliphatic carbocycles. The predicted molar refractivity (Wildman–Crippen MR) is 70.0 cm³/mol. The zero-order chi connectivity index (χ0) is 13.5. The third kappa shape index (κ3) is 5.05. The minimum Gasteiger partial charge on any atom is -0.497 e. The van der Waals surface area contributed by atoms with Crippen LogP contribution in [-0.4, -0.2) is 30.8 Å². The van der Waals surface area contributed by atoms with E-state index in [0.717, 1.165) is 4.47 Å². The molecule has 98 valence electrons. The smallest absolute Gasteiger partial charge is 0.319 e. The number of nitrogens with one attached hydrogen (secondary N) is 2. The molecular formula is C11H13BrN2O4. The summed E-state index contributed by atoms with van der Waals surface area (Å²) in [6, 6.07) is 4.66. The average molecular weight is 317 g/mol. The number of hydrogen-bond acceptors (Lipinski definition) is 3. The number of hydrogen-bond donors (Lipinski definition) is 3. The lowest BCUT2D eigenvalue weighted by molar-refractivity contribution is -0.136. The van der Waals surface area contributed by atoms with Gasteiger partial charge in [0.1, 0.15) is 5.75 Å². The first-order valence-corrected chi connectivity index (χ1v) is 5.92. The number of ether oxygens (including phenoxy) is 1. The van der Waals surface area contributed by atoms with E-state index in [0.29, 0.717) is 11.4 Å². The van der Waals surface area contributed by atoms with Crippen LogP contribution < -0.4 is 15.4 Å². The Morgan fingerprint density at radius 2 is 2.11 bits per heavy atom. The third-order valence-electron chi connectivity index (χ3n) is 1.99. The van der Waals surface area contributed by atoms with Gasteiger partial charge in [-0.2, -0.15) is 0 Å². The number of carbonyl (C=O) groups excluding carboxylic acids is 1. The molecule has 0 saturated heterocycles. The summed E-state index contributed by atoms with van der Waals surface area (Å²) in [5.74, 6) is -0.357. The highest BCUT2D eigenvalue weighted by atomic mass is 79.9. The Morgan fingerprint density at radius 1 is 1.39 bits per heavy atom. The van der Waals surface area contributed by atoms with Crippen molar-refractivity contribution in [3.05, 3.63) is 22.7 Å². The molecule has 0 radical (unpaired) electrons. The molecule has 6 nitrogen and oxygen atoms in total. The van der Waals surface area contributed by atoms with Crippen LogP contribution in [0.2, 0.25) is 0 Å². The minimum absolute atomic E-state index is 0.0757. The van der Waals surface area contributed by atoms with Crippen molar-refractivity contribution in [2.75, 3.05) is 19.0 Å². The molecule has 0 aliphatic heterocycles. The molecule has 0 atom stereocenters. The first-order chi connectivity index (χ1) is 8.51. The lowest BCUT2D eigenvalue weighted by Crippen LogP contribution is -2.30. The van der Waals surface area contributed by atoms with Gasteiger partial charge < -0.3 is 20.5 Å². The van der Waals surface area contributed by atoms with Crippen LogP contribution in [0, 0.1) is 0 Å². The molecule has 0 aromatic heterocycles. The van der Waals surface area contributed by atoms with E-state index in [2.05, 4.69) is 26.6 Å². The number of carbonyl (C=O) groups is 2. The quantitative estimate of drug-likeness (QED) is 0.775. The molecule has 0 saturated carbocycles. The normalized spacial score (nSPS) is 9.67. The van der Waals surface area contributed by atoms with Gasteiger partial charge in [0.05, 0.1) is 13.5 Å². The van der Waals surface area contributed by atoms with Gasteiger partial charge in [0.15, 0.2) is 0 Å². The lowest BCUT2D eigenvalue weighted by Gasteiger charge is -2.08. The topological polar surface area (TPSA) is 87.7 Å². The number of carboxylic acid groups (broad SMARTS) is 1. The number of urea groups is 1. The van der Waals surface area contributed by atoms with Crippen molar-refractivity contribution in [2.24, 2.45) is 0 Å². The fraction of sp³-hybridized carbons (Fsp3) is 0.273. The highest BCUT2D eigenvalue weighted by Gasteiger charge is 2.05. The van der Waals surface area contributed by atoms with Crippen LogP contribution in [0.25, 0.3) is 0 Å². The Labute approximate surface area is 112 Å². The van der Waals surface area contributed by atoms with Crippen LogP contribution in [0.1, 0.15) is 6.42 Å². The molecule has 0 unspecified atom stereocenters. The second kappa shape index (κ2) is 6.85. The van der Waals surface area contributed by atoms with Crippen molar-refractivity contribution < 1.29 is 19.4 Å². The SMILES string of the molecule is COc1cc(Br)cc(NC(=O)NCCC(=O)O)c1. The number of benzene rings is 1. The Balaban J connectivity index is 2.53. The summed E-state index contributed by atoms with van der Waals surface area (Å²) in [7, 11) is 1.53. The van der Waals surface area contributed by atoms with E-state index in [1.54, 1.807) is 18.2 Å².